The molecule has 2 fully saturated rings. The summed E-state index contributed by atoms with van der Waals surface area (Å²) in [5.74, 6) is -0.567. The van der Waals surface area contributed by atoms with Crippen LogP contribution in [0, 0.1) is 0 Å². The molecule has 2 saturated heterocycles. The Morgan fingerprint density at radius 3 is 2.70 bits per heavy atom. The molecule has 0 aliphatic carbocycles. The van der Waals surface area contributed by atoms with Gasteiger partial charge in [0.05, 0.1) is 31.1 Å². The van der Waals surface area contributed by atoms with Gasteiger partial charge in [0.25, 0.3) is 15.6 Å². The summed E-state index contributed by atoms with van der Waals surface area (Å²) in [4.78, 5) is 16.7. The van der Waals surface area contributed by atoms with Gasteiger partial charge in [0.1, 0.15) is 9.63 Å². The molecule has 2 aromatic heterocycles. The minimum atomic E-state index is -4.27. The highest BCUT2D eigenvalue weighted by atomic mass is 79.9. The van der Waals surface area contributed by atoms with Crippen molar-refractivity contribution in [3.05, 3.63) is 38.3 Å². The number of ether oxygens (including phenoxy) is 2. The van der Waals surface area contributed by atoms with Gasteiger partial charge in [-0.25, -0.2) is 22.5 Å². The molecule has 2 aromatic rings. The lowest BCUT2D eigenvalue weighted by atomic mass is 9.99. The standard InChI is InChI=1S/C21H24BrClF3N5O5S/c22-16-3-2-15(36-20(24)25)18(29-16)37(33,34)30-7-4-13(5-8-30)31-19(32)17(23)14(10-28-31)27-11-21(26)6-1-9-35-12-21/h2-3,10,13,20,27H,1,4-9,11-12H2/t21-/m0/s1. The predicted octanol–water partition coefficient (Wildman–Crippen LogP) is 3.61. The van der Waals surface area contributed by atoms with Gasteiger partial charge in [-0.05, 0) is 53.7 Å². The fraction of sp³-hybridized carbons (Fsp3) is 0.571. The first-order valence-corrected chi connectivity index (χ1v) is 14.0. The van der Waals surface area contributed by atoms with Gasteiger partial charge in [-0.3, -0.25) is 4.79 Å². The smallest absolute Gasteiger partial charge is 0.387 e. The van der Waals surface area contributed by atoms with E-state index in [1.54, 1.807) is 0 Å². The Bertz CT molecular complexity index is 1290. The van der Waals surface area contributed by atoms with Crippen LogP contribution in [0.4, 0.5) is 18.9 Å². The van der Waals surface area contributed by atoms with Crippen LogP contribution in [0.25, 0.3) is 0 Å². The molecular weight excluding hydrogens is 607 g/mol. The molecule has 1 N–H and O–H groups in total. The van der Waals surface area contributed by atoms with Crippen molar-refractivity contribution in [3.8, 4) is 5.75 Å². The van der Waals surface area contributed by atoms with E-state index in [1.807, 2.05) is 0 Å². The minimum Gasteiger partial charge on any atom is -0.432 e. The molecule has 4 heterocycles. The Morgan fingerprint density at radius 1 is 1.32 bits per heavy atom. The summed E-state index contributed by atoms with van der Waals surface area (Å²) in [7, 11) is -4.27. The number of nitrogens with one attached hydrogen (secondary N) is 1. The van der Waals surface area contributed by atoms with E-state index in [0.717, 1.165) is 10.4 Å². The maximum atomic E-state index is 14.8. The van der Waals surface area contributed by atoms with Crippen molar-refractivity contribution in [2.24, 2.45) is 0 Å². The second-order valence-electron chi connectivity index (χ2n) is 8.73. The highest BCUT2D eigenvalue weighted by Crippen LogP contribution is 2.32. The fourth-order valence-corrected chi connectivity index (χ4v) is 6.41. The molecule has 0 saturated carbocycles. The van der Waals surface area contributed by atoms with Gasteiger partial charge < -0.3 is 14.8 Å². The van der Waals surface area contributed by atoms with E-state index in [1.165, 1.54) is 16.9 Å². The van der Waals surface area contributed by atoms with Crippen LogP contribution in [0.2, 0.25) is 5.02 Å². The van der Waals surface area contributed by atoms with Crippen LogP contribution in [0.15, 0.2) is 32.8 Å². The van der Waals surface area contributed by atoms with Crippen LogP contribution in [0.1, 0.15) is 31.7 Å². The van der Waals surface area contributed by atoms with Gasteiger partial charge in [-0.1, -0.05) is 11.6 Å². The summed E-state index contributed by atoms with van der Waals surface area (Å²) in [5, 5.41) is 6.21. The van der Waals surface area contributed by atoms with Crippen LogP contribution < -0.4 is 15.6 Å². The number of sulfonamides is 1. The lowest BCUT2D eigenvalue weighted by Gasteiger charge is -2.32. The second-order valence-corrected chi connectivity index (χ2v) is 11.8. The third-order valence-corrected chi connectivity index (χ3v) is 8.81. The molecule has 2 aliphatic rings. The normalized spacial score (nSPS) is 21.8. The van der Waals surface area contributed by atoms with Crippen LogP contribution in [-0.4, -0.2) is 72.6 Å². The minimum absolute atomic E-state index is 0.0224. The first-order chi connectivity index (χ1) is 17.5. The monoisotopic (exact) mass is 629 g/mol. The molecule has 37 heavy (non-hydrogen) atoms. The van der Waals surface area contributed by atoms with Crippen LogP contribution >= 0.6 is 27.5 Å². The van der Waals surface area contributed by atoms with Crippen LogP contribution in [-0.2, 0) is 14.8 Å². The number of alkyl halides is 3. The highest BCUT2D eigenvalue weighted by molar-refractivity contribution is 9.10. The van der Waals surface area contributed by atoms with Crippen molar-refractivity contribution >= 4 is 43.2 Å². The molecule has 0 amide bonds. The average Bonchev–Trinajstić information content (AvgIpc) is 2.86. The third kappa shape index (κ3) is 6.38. The molecule has 2 aliphatic heterocycles. The molecular formula is C21H24BrClF3N5O5S. The number of nitrogens with zero attached hydrogens (tertiary/aromatic N) is 4. The van der Waals surface area contributed by atoms with Gasteiger partial charge in [0.15, 0.2) is 11.4 Å². The fourth-order valence-electron chi connectivity index (χ4n) is 4.26. The number of pyridine rings is 1. The number of rotatable bonds is 8. The van der Waals surface area contributed by atoms with E-state index >= 15 is 0 Å². The average molecular weight is 631 g/mol. The van der Waals surface area contributed by atoms with Crippen LogP contribution in [0.5, 0.6) is 5.75 Å². The third-order valence-electron chi connectivity index (χ3n) is 6.17. The molecule has 10 nitrogen and oxygen atoms in total. The Morgan fingerprint density at radius 2 is 2.05 bits per heavy atom. The summed E-state index contributed by atoms with van der Waals surface area (Å²) in [6.07, 6.45) is 2.67. The lowest BCUT2D eigenvalue weighted by molar-refractivity contribution is -0.0522. The van der Waals surface area contributed by atoms with E-state index in [2.05, 4.69) is 36.1 Å². The number of anilines is 1. The summed E-state index contributed by atoms with van der Waals surface area (Å²) >= 11 is 9.30. The maximum absolute atomic E-state index is 14.8. The highest BCUT2D eigenvalue weighted by Gasteiger charge is 2.35. The van der Waals surface area contributed by atoms with E-state index in [0.29, 0.717) is 19.4 Å². The lowest BCUT2D eigenvalue weighted by Crippen LogP contribution is -2.42. The SMILES string of the molecule is O=c1c(Cl)c(NC[C@@]2(F)CCCOC2)cnn1C1CCN(S(=O)(=O)c2nc(Br)ccc2OC(F)F)CC1. The Balaban J connectivity index is 1.45. The molecule has 0 bridgehead atoms. The van der Waals surface area contributed by atoms with E-state index < -0.39 is 44.7 Å². The van der Waals surface area contributed by atoms with Crippen molar-refractivity contribution < 1.29 is 31.1 Å². The van der Waals surface area contributed by atoms with E-state index in [9.17, 15) is 26.4 Å². The maximum Gasteiger partial charge on any atom is 0.387 e. The Hall–Kier alpha value is -1.94. The molecule has 0 unspecified atom stereocenters. The topological polar surface area (TPSA) is 116 Å². The van der Waals surface area contributed by atoms with Crippen molar-refractivity contribution in [2.75, 3.05) is 38.2 Å². The van der Waals surface area contributed by atoms with E-state index in [-0.39, 0.29) is 54.4 Å². The molecule has 0 radical (unpaired) electrons. The van der Waals surface area contributed by atoms with Gasteiger partial charge in [0, 0.05) is 19.7 Å². The van der Waals surface area contributed by atoms with Crippen molar-refractivity contribution in [3.63, 3.8) is 0 Å². The summed E-state index contributed by atoms with van der Waals surface area (Å²) in [5.41, 5.74) is -1.97. The number of halogens is 5. The van der Waals surface area contributed by atoms with Gasteiger partial charge >= 0.3 is 6.61 Å². The number of hydrogen-bond acceptors (Lipinski definition) is 8. The van der Waals surface area contributed by atoms with Crippen molar-refractivity contribution in [2.45, 2.75) is 49.0 Å². The van der Waals surface area contributed by atoms with Gasteiger partial charge in [-0.2, -0.15) is 18.2 Å². The van der Waals surface area contributed by atoms with E-state index in [4.69, 9.17) is 16.3 Å². The predicted molar refractivity (Wildman–Crippen MR) is 131 cm³/mol. The zero-order valence-electron chi connectivity index (χ0n) is 19.4. The first-order valence-electron chi connectivity index (χ1n) is 11.4. The first kappa shape index (κ1) is 28.1. The molecule has 1 atom stereocenters. The summed E-state index contributed by atoms with van der Waals surface area (Å²) in [6, 6.07) is 1.92. The zero-order chi connectivity index (χ0) is 26.8. The largest absolute Gasteiger partial charge is 0.432 e. The van der Waals surface area contributed by atoms with Crippen molar-refractivity contribution in [1.29, 1.82) is 0 Å². The van der Waals surface area contributed by atoms with Crippen molar-refractivity contribution in [1.82, 2.24) is 19.1 Å². The van der Waals surface area contributed by atoms with Gasteiger partial charge in [-0.15, -0.1) is 0 Å². The number of hydrogen-bond donors (Lipinski definition) is 1. The second kappa shape index (κ2) is 11.4. The molecule has 16 heteroatoms. The van der Waals surface area contributed by atoms with Gasteiger partial charge in [0.2, 0.25) is 5.03 Å². The zero-order valence-corrected chi connectivity index (χ0v) is 22.5. The Kier molecular flexibility index (Phi) is 8.68. The summed E-state index contributed by atoms with van der Waals surface area (Å²) in [6.45, 7) is -2.90. The molecule has 204 valence electrons. The molecule has 0 spiro atoms. The number of aromatic nitrogens is 3. The van der Waals surface area contributed by atoms with Crippen LogP contribution in [0.3, 0.4) is 0 Å². The number of piperidine rings is 1. The Labute approximate surface area is 224 Å². The summed E-state index contributed by atoms with van der Waals surface area (Å²) < 4.78 is 78.6. The quantitative estimate of drug-likeness (QED) is 0.440. The molecule has 0 aromatic carbocycles. The molecule has 4 rings (SSSR count).